The molecule has 0 saturated carbocycles. The van der Waals surface area contributed by atoms with Gasteiger partial charge in [-0.15, -0.1) is 0 Å². The van der Waals surface area contributed by atoms with Gasteiger partial charge in [0, 0.05) is 35.1 Å². The van der Waals surface area contributed by atoms with E-state index in [0.717, 1.165) is 11.1 Å². The Balaban J connectivity index is 1.95. The fraction of sp³-hybridized carbons (Fsp3) is 0.310. The van der Waals surface area contributed by atoms with Crippen molar-refractivity contribution < 1.29 is 14.3 Å². The number of aryl methyl sites for hydroxylation is 1. The van der Waals surface area contributed by atoms with Gasteiger partial charge in [0.25, 0.3) is 5.91 Å². The van der Waals surface area contributed by atoms with Crippen LogP contribution >= 0.6 is 23.2 Å². The molecule has 0 fully saturated rings. The average Bonchev–Trinajstić information content (AvgIpc) is 2.85. The van der Waals surface area contributed by atoms with Crippen LogP contribution in [0.4, 0.5) is 0 Å². The summed E-state index contributed by atoms with van der Waals surface area (Å²) in [4.78, 5) is 28.6. The summed E-state index contributed by atoms with van der Waals surface area (Å²) in [5, 5.41) is 3.86. The molecule has 0 unspecified atom stereocenters. The molecule has 0 radical (unpaired) electrons. The lowest BCUT2D eigenvalue weighted by atomic mass is 10.0. The van der Waals surface area contributed by atoms with Crippen molar-refractivity contribution in [3.8, 4) is 5.75 Å². The number of amides is 2. The standard InChI is InChI=1S/C29H32Cl2N2O3/c1-20(2)17-32-29(35)27(16-22-10-5-4-6-11-22)33(18-24-25(30)13-8-14-26(24)31)28(34)19-36-23-12-7-9-21(3)15-23/h4-15,20,27H,16-19H2,1-3H3,(H,32,35)/t27-/m1/s1. The van der Waals surface area contributed by atoms with E-state index < -0.39 is 6.04 Å². The summed E-state index contributed by atoms with van der Waals surface area (Å²) in [6.45, 7) is 6.34. The van der Waals surface area contributed by atoms with Crippen molar-refractivity contribution in [3.63, 3.8) is 0 Å². The third kappa shape index (κ3) is 8.00. The average molecular weight is 527 g/mol. The molecular formula is C29H32Cl2N2O3. The molecule has 0 aliphatic rings. The second kappa shape index (κ2) is 13.3. The summed E-state index contributed by atoms with van der Waals surface area (Å²) in [7, 11) is 0. The molecule has 0 aromatic heterocycles. The van der Waals surface area contributed by atoms with E-state index in [1.807, 2.05) is 69.3 Å². The minimum atomic E-state index is -0.785. The Hall–Kier alpha value is -3.02. The van der Waals surface area contributed by atoms with Gasteiger partial charge >= 0.3 is 0 Å². The van der Waals surface area contributed by atoms with Crippen LogP contribution in [0.25, 0.3) is 0 Å². The van der Waals surface area contributed by atoms with Crippen molar-refractivity contribution in [2.75, 3.05) is 13.2 Å². The van der Waals surface area contributed by atoms with Crippen molar-refractivity contribution in [2.24, 2.45) is 5.92 Å². The molecule has 0 spiro atoms. The summed E-state index contributed by atoms with van der Waals surface area (Å²) in [6, 6.07) is 21.5. The summed E-state index contributed by atoms with van der Waals surface area (Å²) in [6.07, 6.45) is 0.336. The molecule has 3 aromatic carbocycles. The number of rotatable bonds is 11. The van der Waals surface area contributed by atoms with Gasteiger partial charge in [-0.25, -0.2) is 0 Å². The molecule has 1 atom stereocenters. The number of hydrogen-bond acceptors (Lipinski definition) is 3. The van der Waals surface area contributed by atoms with E-state index in [9.17, 15) is 9.59 Å². The second-order valence-corrected chi connectivity index (χ2v) is 9.99. The van der Waals surface area contributed by atoms with E-state index in [0.29, 0.717) is 34.3 Å². The van der Waals surface area contributed by atoms with Crippen molar-refractivity contribution in [2.45, 2.75) is 39.8 Å². The molecule has 7 heteroatoms. The van der Waals surface area contributed by atoms with Gasteiger partial charge in [-0.1, -0.05) is 85.6 Å². The minimum absolute atomic E-state index is 0.0706. The lowest BCUT2D eigenvalue weighted by Gasteiger charge is -2.32. The van der Waals surface area contributed by atoms with Crippen molar-refractivity contribution >= 4 is 35.0 Å². The molecule has 190 valence electrons. The highest BCUT2D eigenvalue weighted by Gasteiger charge is 2.31. The Morgan fingerprint density at radius 1 is 0.944 bits per heavy atom. The Kier molecular flexibility index (Phi) is 10.2. The highest BCUT2D eigenvalue weighted by atomic mass is 35.5. The van der Waals surface area contributed by atoms with Crippen molar-refractivity contribution in [1.29, 1.82) is 0 Å². The summed E-state index contributed by atoms with van der Waals surface area (Å²) in [5.74, 6) is 0.272. The Labute approximate surface area is 223 Å². The summed E-state index contributed by atoms with van der Waals surface area (Å²) in [5.41, 5.74) is 2.54. The predicted molar refractivity (Wildman–Crippen MR) is 145 cm³/mol. The zero-order valence-corrected chi connectivity index (χ0v) is 22.4. The fourth-order valence-corrected chi connectivity index (χ4v) is 4.28. The normalized spacial score (nSPS) is 11.7. The van der Waals surface area contributed by atoms with Gasteiger partial charge in [-0.2, -0.15) is 0 Å². The maximum atomic E-state index is 13.6. The van der Waals surface area contributed by atoms with Crippen molar-refractivity contribution in [1.82, 2.24) is 10.2 Å². The number of nitrogens with zero attached hydrogens (tertiary/aromatic N) is 1. The van der Waals surface area contributed by atoms with Gasteiger partial charge in [0.2, 0.25) is 5.91 Å². The topological polar surface area (TPSA) is 58.6 Å². The molecule has 5 nitrogen and oxygen atoms in total. The fourth-order valence-electron chi connectivity index (χ4n) is 3.76. The molecule has 0 aliphatic heterocycles. The molecule has 2 amide bonds. The van der Waals surface area contributed by atoms with E-state index in [-0.39, 0.29) is 30.9 Å². The predicted octanol–water partition coefficient (Wildman–Crippen LogP) is 6.09. The Bertz CT molecular complexity index is 1150. The molecule has 3 rings (SSSR count). The quantitative estimate of drug-likeness (QED) is 0.328. The van der Waals surface area contributed by atoms with Gasteiger partial charge in [-0.3, -0.25) is 9.59 Å². The SMILES string of the molecule is Cc1cccc(OCC(=O)N(Cc2c(Cl)cccc2Cl)[C@H](Cc2ccccc2)C(=O)NCC(C)C)c1. The van der Waals surface area contributed by atoms with Gasteiger partial charge in [0.15, 0.2) is 6.61 Å². The number of benzene rings is 3. The largest absolute Gasteiger partial charge is 0.484 e. The van der Waals surface area contributed by atoms with Crippen LogP contribution in [0.3, 0.4) is 0 Å². The van der Waals surface area contributed by atoms with Crippen LogP contribution in [0.5, 0.6) is 5.75 Å². The maximum Gasteiger partial charge on any atom is 0.261 e. The number of ether oxygens (including phenoxy) is 1. The van der Waals surface area contributed by atoms with Gasteiger partial charge in [-0.05, 0) is 48.2 Å². The van der Waals surface area contributed by atoms with Crippen LogP contribution in [-0.2, 0) is 22.6 Å². The molecule has 1 N–H and O–H groups in total. The Morgan fingerprint density at radius 2 is 1.61 bits per heavy atom. The van der Waals surface area contributed by atoms with Crippen LogP contribution in [0.15, 0.2) is 72.8 Å². The van der Waals surface area contributed by atoms with Crippen LogP contribution in [0.1, 0.15) is 30.5 Å². The third-order valence-electron chi connectivity index (χ3n) is 5.70. The number of carbonyl (C=O) groups excluding carboxylic acids is 2. The lowest BCUT2D eigenvalue weighted by Crippen LogP contribution is -2.52. The van der Waals surface area contributed by atoms with Crippen LogP contribution in [0.2, 0.25) is 10.0 Å². The van der Waals surface area contributed by atoms with Crippen LogP contribution in [0, 0.1) is 12.8 Å². The summed E-state index contributed by atoms with van der Waals surface area (Å²) < 4.78 is 5.82. The lowest BCUT2D eigenvalue weighted by molar-refractivity contribution is -0.142. The van der Waals surface area contributed by atoms with E-state index in [2.05, 4.69) is 5.32 Å². The zero-order chi connectivity index (χ0) is 26.1. The molecular weight excluding hydrogens is 495 g/mol. The van der Waals surface area contributed by atoms with Gasteiger partial charge in [0.05, 0.1) is 0 Å². The first kappa shape index (κ1) is 27.6. The first-order valence-electron chi connectivity index (χ1n) is 12.0. The van der Waals surface area contributed by atoms with E-state index in [1.165, 1.54) is 4.90 Å². The molecule has 0 saturated heterocycles. The molecule has 0 bridgehead atoms. The van der Waals surface area contributed by atoms with Crippen LogP contribution < -0.4 is 10.1 Å². The van der Waals surface area contributed by atoms with E-state index in [1.54, 1.807) is 24.3 Å². The van der Waals surface area contributed by atoms with Crippen LogP contribution in [-0.4, -0.2) is 35.9 Å². The highest BCUT2D eigenvalue weighted by molar-refractivity contribution is 6.36. The maximum absolute atomic E-state index is 13.6. The zero-order valence-electron chi connectivity index (χ0n) is 20.8. The second-order valence-electron chi connectivity index (χ2n) is 9.17. The number of carbonyl (C=O) groups is 2. The summed E-state index contributed by atoms with van der Waals surface area (Å²) >= 11 is 12.9. The van der Waals surface area contributed by atoms with Gasteiger partial charge in [0.1, 0.15) is 11.8 Å². The third-order valence-corrected chi connectivity index (χ3v) is 6.41. The Morgan fingerprint density at radius 3 is 2.25 bits per heavy atom. The van der Waals surface area contributed by atoms with Gasteiger partial charge < -0.3 is 15.0 Å². The van der Waals surface area contributed by atoms with Crippen molar-refractivity contribution in [3.05, 3.63) is 99.5 Å². The minimum Gasteiger partial charge on any atom is -0.484 e. The van der Waals surface area contributed by atoms with E-state index in [4.69, 9.17) is 27.9 Å². The first-order valence-corrected chi connectivity index (χ1v) is 12.7. The smallest absolute Gasteiger partial charge is 0.261 e. The highest BCUT2D eigenvalue weighted by Crippen LogP contribution is 2.27. The number of nitrogens with one attached hydrogen (secondary N) is 1. The number of hydrogen-bond donors (Lipinski definition) is 1. The molecule has 0 heterocycles. The molecule has 3 aromatic rings. The molecule has 0 aliphatic carbocycles. The molecule has 36 heavy (non-hydrogen) atoms. The van der Waals surface area contributed by atoms with E-state index >= 15 is 0 Å². The monoisotopic (exact) mass is 526 g/mol. The number of halogens is 2. The first-order chi connectivity index (χ1) is 17.2.